The molecule has 2 aromatic rings. The highest BCUT2D eigenvalue weighted by Crippen LogP contribution is 2.23. The molecule has 1 aromatic carbocycles. The number of anilines is 1. The van der Waals surface area contributed by atoms with Crippen molar-refractivity contribution in [1.29, 1.82) is 0 Å². The van der Waals surface area contributed by atoms with E-state index in [0.717, 1.165) is 11.3 Å². The summed E-state index contributed by atoms with van der Waals surface area (Å²) in [5, 5.41) is 3.04. The average molecular weight is 276 g/mol. The monoisotopic (exact) mass is 276 g/mol. The molecule has 0 aliphatic carbocycles. The fourth-order valence-electron chi connectivity index (χ4n) is 1.49. The Morgan fingerprint density at radius 3 is 2.58 bits per heavy atom. The van der Waals surface area contributed by atoms with Crippen LogP contribution in [0.2, 0.25) is 0 Å². The number of carbonyl (C=O) groups is 2. The van der Waals surface area contributed by atoms with Crippen molar-refractivity contribution in [3.63, 3.8) is 0 Å². The minimum atomic E-state index is -0.449. The molecule has 6 heteroatoms. The van der Waals surface area contributed by atoms with Crippen LogP contribution in [0.4, 0.5) is 5.13 Å². The molecule has 19 heavy (non-hydrogen) atoms. The predicted octanol–water partition coefficient (Wildman–Crippen LogP) is 2.49. The van der Waals surface area contributed by atoms with Crippen LogP contribution < -0.4 is 5.32 Å². The van der Waals surface area contributed by atoms with Gasteiger partial charge in [-0.1, -0.05) is 29.5 Å². The molecule has 98 valence electrons. The average Bonchev–Trinajstić information content (AvgIpc) is 2.79. The van der Waals surface area contributed by atoms with Crippen molar-refractivity contribution in [3.05, 3.63) is 46.5 Å². The molecule has 0 aliphatic rings. The van der Waals surface area contributed by atoms with E-state index >= 15 is 0 Å². The second-order valence-electron chi connectivity index (χ2n) is 3.75. The molecular weight excluding hydrogens is 264 g/mol. The molecule has 0 bridgehead atoms. The molecule has 1 aromatic heterocycles. The second-order valence-corrected chi connectivity index (χ2v) is 4.74. The third-order valence-electron chi connectivity index (χ3n) is 2.42. The minimum Gasteiger partial charge on any atom is -0.465 e. The van der Waals surface area contributed by atoms with Crippen LogP contribution in [0.15, 0.2) is 30.3 Å². The van der Waals surface area contributed by atoms with Gasteiger partial charge in [0, 0.05) is 5.56 Å². The van der Waals surface area contributed by atoms with E-state index in [1.165, 1.54) is 7.11 Å². The third-order valence-corrected chi connectivity index (χ3v) is 3.48. The molecule has 1 heterocycles. The lowest BCUT2D eigenvalue weighted by Gasteiger charge is -2.00. The van der Waals surface area contributed by atoms with Gasteiger partial charge in [-0.2, -0.15) is 0 Å². The van der Waals surface area contributed by atoms with E-state index < -0.39 is 5.97 Å². The van der Waals surface area contributed by atoms with Gasteiger partial charge in [0.15, 0.2) is 5.13 Å². The Balaban J connectivity index is 2.16. The molecule has 5 nitrogen and oxygen atoms in total. The summed E-state index contributed by atoms with van der Waals surface area (Å²) in [7, 11) is 1.31. The molecule has 0 radical (unpaired) electrons. The summed E-state index contributed by atoms with van der Waals surface area (Å²) in [6.07, 6.45) is 0. The van der Waals surface area contributed by atoms with Gasteiger partial charge in [-0.3, -0.25) is 10.1 Å². The van der Waals surface area contributed by atoms with Gasteiger partial charge < -0.3 is 4.74 Å². The van der Waals surface area contributed by atoms with Gasteiger partial charge in [0.2, 0.25) is 0 Å². The van der Waals surface area contributed by atoms with E-state index in [2.05, 4.69) is 15.0 Å². The van der Waals surface area contributed by atoms with Gasteiger partial charge in [0.25, 0.3) is 5.91 Å². The Hall–Kier alpha value is -2.21. The maximum Gasteiger partial charge on any atom is 0.350 e. The largest absolute Gasteiger partial charge is 0.465 e. The topological polar surface area (TPSA) is 68.3 Å². The van der Waals surface area contributed by atoms with Gasteiger partial charge in [0.1, 0.15) is 4.88 Å². The molecule has 1 N–H and O–H groups in total. The van der Waals surface area contributed by atoms with Crippen molar-refractivity contribution in [2.75, 3.05) is 12.4 Å². The molecule has 0 fully saturated rings. The standard InChI is InChI=1S/C13H12N2O3S/c1-8-10(12(17)18-2)19-13(14-8)15-11(16)9-6-4-3-5-7-9/h3-7H,1-2H3,(H,14,15,16). The molecule has 0 saturated heterocycles. The van der Waals surface area contributed by atoms with Crippen molar-refractivity contribution in [3.8, 4) is 0 Å². The predicted molar refractivity (Wildman–Crippen MR) is 72.6 cm³/mol. The van der Waals surface area contributed by atoms with Crippen LogP contribution in [0.3, 0.4) is 0 Å². The fraction of sp³-hybridized carbons (Fsp3) is 0.154. The highest BCUT2D eigenvalue weighted by molar-refractivity contribution is 7.17. The van der Waals surface area contributed by atoms with Crippen LogP contribution in [-0.4, -0.2) is 24.0 Å². The van der Waals surface area contributed by atoms with Crippen LogP contribution in [0.5, 0.6) is 0 Å². The first-order valence-corrected chi connectivity index (χ1v) is 6.35. The lowest BCUT2D eigenvalue weighted by atomic mass is 10.2. The number of carbonyl (C=O) groups excluding carboxylic acids is 2. The number of aryl methyl sites for hydroxylation is 1. The van der Waals surface area contributed by atoms with Crippen LogP contribution in [0.25, 0.3) is 0 Å². The molecule has 2 rings (SSSR count). The minimum absolute atomic E-state index is 0.259. The summed E-state index contributed by atoms with van der Waals surface area (Å²) in [6.45, 7) is 1.70. The quantitative estimate of drug-likeness (QED) is 0.874. The number of ether oxygens (including phenoxy) is 1. The first-order chi connectivity index (χ1) is 9.11. The second kappa shape index (κ2) is 5.62. The van der Waals surface area contributed by atoms with E-state index in [0.29, 0.717) is 21.3 Å². The summed E-state index contributed by atoms with van der Waals surface area (Å²) in [4.78, 5) is 27.9. The number of methoxy groups -OCH3 is 1. The Bertz CT molecular complexity index is 608. The number of esters is 1. The highest BCUT2D eigenvalue weighted by atomic mass is 32.1. The zero-order valence-corrected chi connectivity index (χ0v) is 11.3. The summed E-state index contributed by atoms with van der Waals surface area (Å²) < 4.78 is 4.64. The SMILES string of the molecule is COC(=O)c1sc(NC(=O)c2ccccc2)nc1C. The lowest BCUT2D eigenvalue weighted by molar-refractivity contribution is 0.0605. The molecule has 1 amide bonds. The van der Waals surface area contributed by atoms with E-state index in [1.54, 1.807) is 31.2 Å². The zero-order valence-electron chi connectivity index (χ0n) is 10.5. The molecule has 0 spiro atoms. The van der Waals surface area contributed by atoms with Gasteiger partial charge >= 0.3 is 5.97 Å². The van der Waals surface area contributed by atoms with Crippen molar-refractivity contribution in [2.24, 2.45) is 0 Å². The van der Waals surface area contributed by atoms with Crippen molar-refractivity contribution < 1.29 is 14.3 Å². The maximum atomic E-state index is 11.9. The number of rotatable bonds is 3. The Morgan fingerprint density at radius 2 is 1.95 bits per heavy atom. The molecule has 0 atom stereocenters. The van der Waals surface area contributed by atoms with Gasteiger partial charge in [-0.25, -0.2) is 9.78 Å². The first-order valence-electron chi connectivity index (χ1n) is 5.54. The van der Waals surface area contributed by atoms with Crippen LogP contribution in [0.1, 0.15) is 25.7 Å². The maximum absolute atomic E-state index is 11.9. The summed E-state index contributed by atoms with van der Waals surface area (Å²) >= 11 is 1.10. The Morgan fingerprint density at radius 1 is 1.26 bits per heavy atom. The zero-order chi connectivity index (χ0) is 13.8. The third kappa shape index (κ3) is 2.97. The van der Waals surface area contributed by atoms with E-state index in [4.69, 9.17) is 0 Å². The number of nitrogens with zero attached hydrogens (tertiary/aromatic N) is 1. The number of benzene rings is 1. The highest BCUT2D eigenvalue weighted by Gasteiger charge is 2.17. The molecule has 0 unspecified atom stereocenters. The number of nitrogens with one attached hydrogen (secondary N) is 1. The van der Waals surface area contributed by atoms with Crippen molar-refractivity contribution in [2.45, 2.75) is 6.92 Å². The molecule has 0 aliphatic heterocycles. The van der Waals surface area contributed by atoms with E-state index in [-0.39, 0.29) is 5.91 Å². The summed E-state index contributed by atoms with van der Waals surface area (Å²) in [6, 6.07) is 8.80. The summed E-state index contributed by atoms with van der Waals surface area (Å²) in [5.41, 5.74) is 1.08. The fourth-order valence-corrected chi connectivity index (χ4v) is 2.37. The molecular formula is C13H12N2O3S. The van der Waals surface area contributed by atoms with Crippen molar-refractivity contribution in [1.82, 2.24) is 4.98 Å². The van der Waals surface area contributed by atoms with Crippen LogP contribution in [-0.2, 0) is 4.74 Å². The van der Waals surface area contributed by atoms with Crippen LogP contribution in [0, 0.1) is 6.92 Å². The normalized spacial score (nSPS) is 10.0. The van der Waals surface area contributed by atoms with Crippen molar-refractivity contribution >= 4 is 28.3 Å². The number of aromatic nitrogens is 1. The van der Waals surface area contributed by atoms with Gasteiger partial charge in [-0.15, -0.1) is 0 Å². The van der Waals surface area contributed by atoms with E-state index in [9.17, 15) is 9.59 Å². The first kappa shape index (κ1) is 13.2. The van der Waals surface area contributed by atoms with Gasteiger partial charge in [-0.05, 0) is 19.1 Å². The number of hydrogen-bond donors (Lipinski definition) is 1. The molecule has 0 saturated carbocycles. The number of thiazole rings is 1. The Kier molecular flexibility index (Phi) is 3.91. The lowest BCUT2D eigenvalue weighted by Crippen LogP contribution is -2.11. The van der Waals surface area contributed by atoms with E-state index in [1.807, 2.05) is 6.07 Å². The Labute approximate surface area is 114 Å². The number of hydrogen-bond acceptors (Lipinski definition) is 5. The smallest absolute Gasteiger partial charge is 0.350 e. The van der Waals surface area contributed by atoms with Crippen LogP contribution >= 0.6 is 11.3 Å². The van der Waals surface area contributed by atoms with Gasteiger partial charge in [0.05, 0.1) is 12.8 Å². The summed E-state index contributed by atoms with van der Waals surface area (Å²) in [5.74, 6) is -0.707. The number of amides is 1.